The Morgan fingerprint density at radius 3 is 2.27 bits per heavy atom. The summed E-state index contributed by atoms with van der Waals surface area (Å²) in [5.74, 6) is 0. The van der Waals surface area contributed by atoms with Crippen molar-refractivity contribution in [2.45, 2.75) is 26.7 Å². The summed E-state index contributed by atoms with van der Waals surface area (Å²) in [6.07, 6.45) is 2.28. The Bertz CT molecular complexity index is 177. The summed E-state index contributed by atoms with van der Waals surface area (Å²) in [6, 6.07) is 0. The number of rotatable bonds is 5. The molecule has 0 heterocycles. The molecule has 0 aromatic carbocycles. The number of carboxylic acid groups (broad SMARTS) is 1. The van der Waals surface area contributed by atoms with E-state index in [9.17, 15) is 9.36 Å². The van der Waals surface area contributed by atoms with E-state index in [-0.39, 0.29) is 6.16 Å². The van der Waals surface area contributed by atoms with E-state index in [1.165, 1.54) is 0 Å². The first-order valence-corrected chi connectivity index (χ1v) is 5.96. The second kappa shape index (κ2) is 4.55. The molecule has 0 amide bonds. The van der Waals surface area contributed by atoms with Gasteiger partial charge in [-0.2, -0.15) is 0 Å². The molecule has 0 saturated carbocycles. The van der Waals surface area contributed by atoms with Crippen LogP contribution in [0.15, 0.2) is 0 Å². The van der Waals surface area contributed by atoms with Gasteiger partial charge in [0.25, 0.3) is 0 Å². The maximum atomic E-state index is 11.4. The van der Waals surface area contributed by atoms with Crippen LogP contribution in [0.3, 0.4) is 0 Å². The highest BCUT2D eigenvalue weighted by atomic mass is 31.2. The fourth-order valence-corrected chi connectivity index (χ4v) is 2.41. The average Bonchev–Trinajstić information content (AvgIpc) is 2.00. The second-order valence-corrected chi connectivity index (χ2v) is 5.81. The molecule has 0 saturated heterocycles. The van der Waals surface area contributed by atoms with Crippen LogP contribution in [0.25, 0.3) is 0 Å². The Kier molecular flexibility index (Phi) is 4.43. The van der Waals surface area contributed by atoms with E-state index in [0.29, 0.717) is 6.16 Å². The number of unbranched alkanes of at least 4 members (excludes halogenated alkanes) is 1. The van der Waals surface area contributed by atoms with Crippen LogP contribution >= 0.6 is 7.14 Å². The summed E-state index contributed by atoms with van der Waals surface area (Å²) in [7, 11) is -2.87. The quantitative estimate of drug-likeness (QED) is 0.658. The monoisotopic (exact) mass is 178 g/mol. The van der Waals surface area contributed by atoms with Crippen molar-refractivity contribution in [3.05, 3.63) is 0 Å². The molecule has 0 rings (SSSR count). The van der Waals surface area contributed by atoms with Gasteiger partial charge in [-0.15, -0.1) is 0 Å². The lowest BCUT2D eigenvalue weighted by Gasteiger charge is -2.08. The maximum absolute atomic E-state index is 11.4. The van der Waals surface area contributed by atoms with Gasteiger partial charge in [-0.25, -0.2) is 4.79 Å². The molecule has 3 nitrogen and oxygen atoms in total. The Balaban J connectivity index is 4.12. The number of carbonyl (C=O) groups is 1. The molecule has 0 aliphatic rings. The van der Waals surface area contributed by atoms with Gasteiger partial charge < -0.3 is 9.67 Å². The summed E-state index contributed by atoms with van der Waals surface area (Å²) < 4.78 is 11.4. The third-order valence-corrected chi connectivity index (χ3v) is 4.49. The summed E-state index contributed by atoms with van der Waals surface area (Å²) in [4.78, 5) is 10.5. The molecule has 1 N–H and O–H groups in total. The highest BCUT2D eigenvalue weighted by molar-refractivity contribution is 7.79. The maximum Gasteiger partial charge on any atom is 0.361 e. The predicted octanol–water partition coefficient (Wildman–Crippen LogP) is 2.85. The van der Waals surface area contributed by atoms with Crippen molar-refractivity contribution in [1.29, 1.82) is 0 Å². The van der Waals surface area contributed by atoms with Crippen LogP contribution in [-0.4, -0.2) is 23.1 Å². The van der Waals surface area contributed by atoms with Gasteiger partial charge in [0.05, 0.1) is 0 Å². The zero-order valence-electron chi connectivity index (χ0n) is 7.04. The third kappa shape index (κ3) is 3.06. The fourth-order valence-electron chi connectivity index (χ4n) is 0.803. The molecule has 0 radical (unpaired) electrons. The summed E-state index contributed by atoms with van der Waals surface area (Å²) in [5.41, 5.74) is -1.10. The molecule has 0 aromatic heterocycles. The van der Waals surface area contributed by atoms with E-state index < -0.39 is 12.9 Å². The van der Waals surface area contributed by atoms with Gasteiger partial charge in [0.1, 0.15) is 0 Å². The highest BCUT2D eigenvalue weighted by Crippen LogP contribution is 2.46. The minimum Gasteiger partial charge on any atom is -0.476 e. The molecule has 66 valence electrons. The Labute approximate surface area is 67.2 Å². The van der Waals surface area contributed by atoms with E-state index in [0.717, 1.165) is 12.8 Å². The molecule has 1 atom stereocenters. The Morgan fingerprint density at radius 1 is 1.45 bits per heavy atom. The van der Waals surface area contributed by atoms with E-state index in [1.807, 2.05) is 6.92 Å². The molecule has 0 bridgehead atoms. The van der Waals surface area contributed by atoms with E-state index in [1.54, 1.807) is 6.92 Å². The number of hydrogen-bond acceptors (Lipinski definition) is 2. The Hall–Kier alpha value is -0.300. The summed E-state index contributed by atoms with van der Waals surface area (Å²) in [5, 5.41) is 8.60. The first kappa shape index (κ1) is 10.7. The van der Waals surface area contributed by atoms with Crippen molar-refractivity contribution in [2.24, 2.45) is 0 Å². The molecule has 0 aromatic rings. The van der Waals surface area contributed by atoms with Crippen LogP contribution < -0.4 is 0 Å². The van der Waals surface area contributed by atoms with Gasteiger partial charge in [0.2, 0.25) is 0 Å². The lowest BCUT2D eigenvalue weighted by molar-refractivity contribution is 0.219. The van der Waals surface area contributed by atoms with Crippen molar-refractivity contribution in [3.8, 4) is 0 Å². The van der Waals surface area contributed by atoms with Crippen molar-refractivity contribution >= 4 is 12.9 Å². The predicted molar refractivity (Wildman–Crippen MR) is 45.9 cm³/mol. The van der Waals surface area contributed by atoms with Gasteiger partial charge in [-0.1, -0.05) is 20.3 Å². The smallest absolute Gasteiger partial charge is 0.361 e. The highest BCUT2D eigenvalue weighted by Gasteiger charge is 2.27. The molecule has 1 unspecified atom stereocenters. The van der Waals surface area contributed by atoms with Crippen LogP contribution in [0.5, 0.6) is 0 Å². The topological polar surface area (TPSA) is 54.4 Å². The van der Waals surface area contributed by atoms with Crippen molar-refractivity contribution in [1.82, 2.24) is 0 Å². The van der Waals surface area contributed by atoms with E-state index in [4.69, 9.17) is 5.11 Å². The molecule has 0 fully saturated rings. The van der Waals surface area contributed by atoms with Gasteiger partial charge in [-0.3, -0.25) is 0 Å². The molecular weight excluding hydrogens is 163 g/mol. The van der Waals surface area contributed by atoms with E-state index >= 15 is 0 Å². The van der Waals surface area contributed by atoms with Crippen molar-refractivity contribution in [3.63, 3.8) is 0 Å². The average molecular weight is 178 g/mol. The van der Waals surface area contributed by atoms with Crippen LogP contribution in [0.1, 0.15) is 26.7 Å². The summed E-state index contributed by atoms with van der Waals surface area (Å²) in [6.45, 7) is 3.63. The molecule has 4 heteroatoms. The first-order chi connectivity index (χ1) is 5.06. The zero-order valence-corrected chi connectivity index (χ0v) is 7.93. The SMILES string of the molecule is CCCCP(=O)(CC)C(=O)O. The minimum atomic E-state index is -2.87. The molecule has 0 aliphatic heterocycles. The normalized spacial score (nSPS) is 15.8. The zero-order chi connectivity index (χ0) is 8.91. The molecule has 11 heavy (non-hydrogen) atoms. The van der Waals surface area contributed by atoms with Crippen LogP contribution in [0, 0.1) is 0 Å². The van der Waals surface area contributed by atoms with Crippen molar-refractivity contribution in [2.75, 3.05) is 12.3 Å². The largest absolute Gasteiger partial charge is 0.476 e. The van der Waals surface area contributed by atoms with Gasteiger partial charge >= 0.3 is 5.71 Å². The van der Waals surface area contributed by atoms with Crippen LogP contribution in [0.2, 0.25) is 0 Å². The van der Waals surface area contributed by atoms with E-state index in [2.05, 4.69) is 0 Å². The van der Waals surface area contributed by atoms with Gasteiger partial charge in [-0.05, 0) is 6.42 Å². The fraction of sp³-hybridized carbons (Fsp3) is 0.857. The number of hydrogen-bond donors (Lipinski definition) is 1. The first-order valence-electron chi connectivity index (χ1n) is 3.88. The third-order valence-electron chi connectivity index (χ3n) is 1.73. The lowest BCUT2D eigenvalue weighted by atomic mass is 10.4. The molecule has 0 spiro atoms. The molecular formula is C7H15O3P. The minimum absolute atomic E-state index is 0.280. The van der Waals surface area contributed by atoms with Gasteiger partial charge in [0.15, 0.2) is 7.14 Å². The second-order valence-electron chi connectivity index (χ2n) is 2.57. The standard InChI is InChI=1S/C7H15O3P/c1-3-5-6-11(10,4-2)7(8)9/h3-6H2,1-2H3,(H,8,9). The summed E-state index contributed by atoms with van der Waals surface area (Å²) >= 11 is 0. The van der Waals surface area contributed by atoms with Crippen LogP contribution in [-0.2, 0) is 4.57 Å². The Morgan fingerprint density at radius 2 is 2.00 bits per heavy atom. The van der Waals surface area contributed by atoms with Crippen LogP contribution in [0.4, 0.5) is 4.79 Å². The lowest BCUT2D eigenvalue weighted by Crippen LogP contribution is -2.02. The van der Waals surface area contributed by atoms with Gasteiger partial charge in [0, 0.05) is 12.3 Å². The van der Waals surface area contributed by atoms with Crippen molar-refractivity contribution < 1.29 is 14.5 Å². The molecule has 0 aliphatic carbocycles.